The van der Waals surface area contributed by atoms with Crippen molar-refractivity contribution in [2.45, 2.75) is 18.2 Å². The summed E-state index contributed by atoms with van der Waals surface area (Å²) in [7, 11) is -3.69. The van der Waals surface area contributed by atoms with Gasteiger partial charge in [0.05, 0.1) is 4.90 Å². The van der Waals surface area contributed by atoms with Gasteiger partial charge in [-0.25, -0.2) is 8.42 Å². The van der Waals surface area contributed by atoms with Gasteiger partial charge >= 0.3 is 0 Å². The van der Waals surface area contributed by atoms with Gasteiger partial charge in [-0.1, -0.05) is 42.0 Å². The molecule has 1 aliphatic rings. The minimum atomic E-state index is -3.69. The van der Waals surface area contributed by atoms with Crippen molar-refractivity contribution in [3.8, 4) is 0 Å². The molecule has 154 valence electrons. The van der Waals surface area contributed by atoms with Gasteiger partial charge in [-0.05, 0) is 44.2 Å². The summed E-state index contributed by atoms with van der Waals surface area (Å²) in [6.07, 6.45) is 1.07. The molecule has 7 heteroatoms. The van der Waals surface area contributed by atoms with Crippen LogP contribution in [0.3, 0.4) is 0 Å². The highest BCUT2D eigenvalue weighted by molar-refractivity contribution is 7.93. The van der Waals surface area contributed by atoms with Crippen molar-refractivity contribution >= 4 is 44.6 Å². The second-order valence-electron chi connectivity index (χ2n) is 7.19. The third-order valence-electron chi connectivity index (χ3n) is 5.14. The van der Waals surface area contributed by atoms with Gasteiger partial charge in [0.15, 0.2) is 0 Å². The quantitative estimate of drug-likeness (QED) is 0.650. The fraction of sp³-hybridized carbons (Fsp3) is 0.273. The van der Waals surface area contributed by atoms with Crippen molar-refractivity contribution in [1.82, 2.24) is 5.32 Å². The van der Waals surface area contributed by atoms with E-state index in [1.54, 1.807) is 18.2 Å². The SMILES string of the molecule is Cc1ccc(NS(=O)(=O)c2ccc(N3CCCNCC3)c3ccccc23)cc1.Cl. The van der Waals surface area contributed by atoms with Gasteiger partial charge < -0.3 is 10.2 Å². The van der Waals surface area contributed by atoms with E-state index in [1.165, 1.54) is 0 Å². The van der Waals surface area contributed by atoms with Gasteiger partial charge in [-0.2, -0.15) is 0 Å². The average molecular weight is 432 g/mol. The van der Waals surface area contributed by atoms with E-state index < -0.39 is 10.0 Å². The lowest BCUT2D eigenvalue weighted by molar-refractivity contribution is 0.602. The third kappa shape index (κ3) is 4.66. The largest absolute Gasteiger partial charge is 0.370 e. The Morgan fingerprint density at radius 3 is 2.38 bits per heavy atom. The van der Waals surface area contributed by atoms with E-state index in [4.69, 9.17) is 0 Å². The van der Waals surface area contributed by atoms with Gasteiger partial charge in [0.2, 0.25) is 0 Å². The maximum Gasteiger partial charge on any atom is 0.262 e. The van der Waals surface area contributed by atoms with E-state index in [1.807, 2.05) is 49.4 Å². The molecule has 0 aliphatic carbocycles. The summed E-state index contributed by atoms with van der Waals surface area (Å²) in [5.41, 5.74) is 2.75. The molecule has 3 aromatic carbocycles. The molecular weight excluding hydrogens is 406 g/mol. The molecule has 0 unspecified atom stereocenters. The Balaban J connectivity index is 0.00000240. The zero-order valence-electron chi connectivity index (χ0n) is 16.4. The summed E-state index contributed by atoms with van der Waals surface area (Å²) < 4.78 is 28.9. The molecule has 0 amide bonds. The Bertz CT molecular complexity index is 1080. The number of sulfonamides is 1. The van der Waals surface area contributed by atoms with Crippen LogP contribution in [0, 0.1) is 6.92 Å². The van der Waals surface area contributed by atoms with E-state index in [0.29, 0.717) is 10.6 Å². The van der Waals surface area contributed by atoms with Crippen LogP contribution in [0.4, 0.5) is 11.4 Å². The third-order valence-corrected chi connectivity index (χ3v) is 6.57. The molecule has 4 rings (SSSR count). The van der Waals surface area contributed by atoms with Crippen molar-refractivity contribution < 1.29 is 8.42 Å². The molecule has 2 N–H and O–H groups in total. The highest BCUT2D eigenvalue weighted by atomic mass is 35.5. The maximum absolute atomic E-state index is 13.1. The van der Waals surface area contributed by atoms with Crippen LogP contribution in [0.15, 0.2) is 65.6 Å². The number of benzene rings is 3. The first kappa shape index (κ1) is 21.4. The number of aryl methyl sites for hydroxylation is 1. The van der Waals surface area contributed by atoms with Crippen LogP contribution in [-0.4, -0.2) is 34.6 Å². The van der Waals surface area contributed by atoms with Gasteiger partial charge in [-0.3, -0.25) is 4.72 Å². The van der Waals surface area contributed by atoms with E-state index in [2.05, 4.69) is 14.9 Å². The minimum Gasteiger partial charge on any atom is -0.370 e. The van der Waals surface area contributed by atoms with Crippen molar-refractivity contribution in [1.29, 1.82) is 0 Å². The molecule has 5 nitrogen and oxygen atoms in total. The second kappa shape index (κ2) is 9.03. The van der Waals surface area contributed by atoms with E-state index in [9.17, 15) is 8.42 Å². The van der Waals surface area contributed by atoms with Crippen LogP contribution in [0.5, 0.6) is 0 Å². The molecule has 0 radical (unpaired) electrons. The first-order valence-electron chi connectivity index (χ1n) is 9.61. The molecule has 3 aromatic rings. The Hall–Kier alpha value is -2.28. The fourth-order valence-electron chi connectivity index (χ4n) is 3.68. The van der Waals surface area contributed by atoms with Crippen molar-refractivity contribution in [3.05, 3.63) is 66.2 Å². The number of halogens is 1. The Morgan fingerprint density at radius 2 is 1.62 bits per heavy atom. The highest BCUT2D eigenvalue weighted by Crippen LogP contribution is 2.33. The first-order valence-corrected chi connectivity index (χ1v) is 11.1. The molecule has 0 atom stereocenters. The van der Waals surface area contributed by atoms with Crippen LogP contribution < -0.4 is 14.9 Å². The zero-order valence-corrected chi connectivity index (χ0v) is 18.0. The summed E-state index contributed by atoms with van der Waals surface area (Å²) >= 11 is 0. The average Bonchev–Trinajstić information content (AvgIpc) is 2.98. The van der Waals surface area contributed by atoms with E-state index >= 15 is 0 Å². The van der Waals surface area contributed by atoms with Crippen molar-refractivity contribution in [2.24, 2.45) is 0 Å². The Labute approximate surface area is 178 Å². The van der Waals surface area contributed by atoms with Gasteiger partial charge in [0.1, 0.15) is 0 Å². The number of anilines is 2. The van der Waals surface area contributed by atoms with E-state index in [-0.39, 0.29) is 12.4 Å². The molecule has 0 bridgehead atoms. The van der Waals surface area contributed by atoms with Crippen molar-refractivity contribution in [2.75, 3.05) is 35.8 Å². The topological polar surface area (TPSA) is 61.4 Å². The van der Waals surface area contributed by atoms with E-state index in [0.717, 1.165) is 54.6 Å². The normalized spacial score (nSPS) is 14.9. The van der Waals surface area contributed by atoms with Crippen LogP contribution in [0.25, 0.3) is 10.8 Å². The molecule has 0 spiro atoms. The van der Waals surface area contributed by atoms with Crippen LogP contribution in [-0.2, 0) is 10.0 Å². The number of nitrogens with zero attached hydrogens (tertiary/aromatic N) is 1. The molecule has 1 heterocycles. The van der Waals surface area contributed by atoms with Crippen LogP contribution in [0.2, 0.25) is 0 Å². The molecule has 1 saturated heterocycles. The predicted molar refractivity (Wildman–Crippen MR) is 123 cm³/mol. The molecule has 29 heavy (non-hydrogen) atoms. The van der Waals surface area contributed by atoms with Gasteiger partial charge in [-0.15, -0.1) is 12.4 Å². The van der Waals surface area contributed by atoms with Gasteiger partial charge in [0, 0.05) is 41.8 Å². The number of hydrogen-bond acceptors (Lipinski definition) is 4. The fourth-order valence-corrected chi connectivity index (χ4v) is 4.96. The predicted octanol–water partition coefficient (Wildman–Crippen LogP) is 4.17. The lowest BCUT2D eigenvalue weighted by atomic mass is 10.1. The summed E-state index contributed by atoms with van der Waals surface area (Å²) in [4.78, 5) is 2.65. The minimum absolute atomic E-state index is 0. The second-order valence-corrected chi connectivity index (χ2v) is 8.84. The van der Waals surface area contributed by atoms with Crippen LogP contribution >= 0.6 is 12.4 Å². The monoisotopic (exact) mass is 431 g/mol. The number of hydrogen-bond donors (Lipinski definition) is 2. The lowest BCUT2D eigenvalue weighted by Gasteiger charge is -2.25. The first-order chi connectivity index (χ1) is 13.5. The van der Waals surface area contributed by atoms with Crippen molar-refractivity contribution in [3.63, 3.8) is 0 Å². The summed E-state index contributed by atoms with van der Waals surface area (Å²) in [5, 5.41) is 5.13. The summed E-state index contributed by atoms with van der Waals surface area (Å²) in [6.45, 7) is 5.80. The molecule has 1 fully saturated rings. The number of nitrogens with one attached hydrogen (secondary N) is 2. The molecule has 1 aliphatic heterocycles. The molecular formula is C22H26ClN3O2S. The standard InChI is InChI=1S/C22H25N3O2S.ClH/c1-17-7-9-18(10-8-17)24-28(26,27)22-12-11-21(19-5-2-3-6-20(19)22)25-15-4-13-23-14-16-25;/h2-3,5-12,23-24H,4,13-16H2,1H3;1H. The summed E-state index contributed by atoms with van der Waals surface area (Å²) in [6, 6.07) is 18.8. The van der Waals surface area contributed by atoms with Crippen LogP contribution in [0.1, 0.15) is 12.0 Å². The van der Waals surface area contributed by atoms with Gasteiger partial charge in [0.25, 0.3) is 10.0 Å². The highest BCUT2D eigenvalue weighted by Gasteiger charge is 2.21. The lowest BCUT2D eigenvalue weighted by Crippen LogP contribution is -2.28. The molecule has 0 aromatic heterocycles. The Kier molecular flexibility index (Phi) is 6.67. The maximum atomic E-state index is 13.1. The molecule has 0 saturated carbocycles. The zero-order chi connectivity index (χ0) is 19.6. The number of fused-ring (bicyclic) bond motifs is 1. The Morgan fingerprint density at radius 1 is 0.897 bits per heavy atom. The smallest absolute Gasteiger partial charge is 0.262 e. The summed E-state index contributed by atoms with van der Waals surface area (Å²) in [5.74, 6) is 0. The number of rotatable bonds is 4.